The van der Waals surface area contributed by atoms with Crippen LogP contribution in [0.5, 0.6) is 17.2 Å². The Morgan fingerprint density at radius 1 is 1.00 bits per heavy atom. The van der Waals surface area contributed by atoms with Crippen LogP contribution in [0.15, 0.2) is 66.7 Å². The van der Waals surface area contributed by atoms with Gasteiger partial charge in [-0.25, -0.2) is 4.79 Å². The number of halogens is 3. The zero-order valence-electron chi connectivity index (χ0n) is 21.2. The molecule has 1 amide bonds. The molecule has 1 aliphatic rings. The third-order valence-electron chi connectivity index (χ3n) is 6.24. The fourth-order valence-electron chi connectivity index (χ4n) is 4.45. The highest BCUT2D eigenvalue weighted by Gasteiger charge is 2.45. The van der Waals surface area contributed by atoms with Crippen molar-refractivity contribution in [1.82, 2.24) is 4.90 Å². The molecule has 0 radical (unpaired) electrons. The second-order valence-corrected chi connectivity index (χ2v) is 8.68. The molecular formula is C27H23F3N2O8. The number of benzene rings is 3. The molecular weight excluding hydrogens is 537 g/mol. The first kappa shape index (κ1) is 28.2. The third-order valence-corrected chi connectivity index (χ3v) is 6.24. The number of nitro benzene ring substituents is 1. The topological polar surface area (TPSA) is 117 Å². The van der Waals surface area contributed by atoms with E-state index in [4.69, 9.17) is 14.2 Å². The van der Waals surface area contributed by atoms with E-state index < -0.39 is 41.1 Å². The monoisotopic (exact) mass is 560 g/mol. The number of non-ortho nitro benzene ring substituents is 1. The van der Waals surface area contributed by atoms with Crippen molar-refractivity contribution in [3.63, 3.8) is 0 Å². The summed E-state index contributed by atoms with van der Waals surface area (Å²) in [5.41, 5.74) is 0.814. The fraction of sp³-hybridized carbons (Fsp3) is 0.259. The minimum atomic E-state index is -4.85. The predicted molar refractivity (Wildman–Crippen MR) is 133 cm³/mol. The van der Waals surface area contributed by atoms with Crippen LogP contribution in [0, 0.1) is 10.1 Å². The van der Waals surface area contributed by atoms with Gasteiger partial charge >= 0.3 is 12.3 Å². The van der Waals surface area contributed by atoms with Crippen LogP contribution in [0.1, 0.15) is 33.9 Å². The number of nitro groups is 1. The van der Waals surface area contributed by atoms with Gasteiger partial charge in [0, 0.05) is 25.1 Å². The summed E-state index contributed by atoms with van der Waals surface area (Å²) in [5.74, 6) is -0.989. The molecule has 4 rings (SSSR count). The van der Waals surface area contributed by atoms with Gasteiger partial charge in [0.1, 0.15) is 17.2 Å². The Kier molecular flexibility index (Phi) is 8.12. The average Bonchev–Trinajstić information content (AvgIpc) is 3.22. The number of nitrogens with zero attached hydrogens (tertiary/aromatic N) is 2. The standard InChI is InChI=1S/C27H23F3N2O8/c1-37-21-4-3-5-22(38-2)24(21)20-14-23(39-26(34)17-8-10-18(11-9-17)32(35)36)25(33)31(20)15-16-6-12-19(13-7-16)40-27(28,29)30/h3-13,20,23H,14-15H2,1-2H3. The van der Waals surface area contributed by atoms with E-state index in [1.165, 1.54) is 43.4 Å². The van der Waals surface area contributed by atoms with Crippen LogP contribution in [-0.4, -0.2) is 48.4 Å². The van der Waals surface area contributed by atoms with Crippen LogP contribution in [0.25, 0.3) is 0 Å². The van der Waals surface area contributed by atoms with Gasteiger partial charge in [-0.3, -0.25) is 14.9 Å². The van der Waals surface area contributed by atoms with Gasteiger partial charge in [-0.15, -0.1) is 13.2 Å². The largest absolute Gasteiger partial charge is 0.573 e. The van der Waals surface area contributed by atoms with Crippen molar-refractivity contribution in [1.29, 1.82) is 0 Å². The molecule has 2 unspecified atom stereocenters. The van der Waals surface area contributed by atoms with E-state index in [0.29, 0.717) is 22.6 Å². The van der Waals surface area contributed by atoms with E-state index in [-0.39, 0.29) is 24.2 Å². The first-order chi connectivity index (χ1) is 19.0. The number of rotatable bonds is 9. The van der Waals surface area contributed by atoms with E-state index in [2.05, 4.69) is 4.74 Å². The van der Waals surface area contributed by atoms with Gasteiger partial charge in [-0.1, -0.05) is 18.2 Å². The molecule has 2 atom stereocenters. The van der Waals surface area contributed by atoms with Gasteiger partial charge in [0.05, 0.1) is 36.3 Å². The van der Waals surface area contributed by atoms with Crippen molar-refractivity contribution in [2.24, 2.45) is 0 Å². The smallest absolute Gasteiger partial charge is 0.496 e. The van der Waals surface area contributed by atoms with Crippen LogP contribution >= 0.6 is 0 Å². The summed E-state index contributed by atoms with van der Waals surface area (Å²) in [4.78, 5) is 38.1. The molecule has 3 aromatic carbocycles. The Hall–Kier alpha value is -4.81. The predicted octanol–water partition coefficient (Wildman–Crippen LogP) is 5.21. The number of amides is 1. The summed E-state index contributed by atoms with van der Waals surface area (Å²) in [6, 6.07) is 14.2. The maximum Gasteiger partial charge on any atom is 0.573 e. The van der Waals surface area contributed by atoms with Crippen molar-refractivity contribution in [3.8, 4) is 17.2 Å². The van der Waals surface area contributed by atoms with Crippen LogP contribution in [0.2, 0.25) is 0 Å². The van der Waals surface area contributed by atoms with Crippen molar-refractivity contribution >= 4 is 17.6 Å². The number of esters is 1. The first-order valence-electron chi connectivity index (χ1n) is 11.8. The Bertz CT molecular complexity index is 1370. The van der Waals surface area contributed by atoms with E-state index >= 15 is 0 Å². The maximum atomic E-state index is 13.6. The normalized spacial score (nSPS) is 16.9. The van der Waals surface area contributed by atoms with E-state index in [0.717, 1.165) is 24.3 Å². The number of methoxy groups -OCH3 is 2. The van der Waals surface area contributed by atoms with E-state index in [1.54, 1.807) is 18.2 Å². The Balaban J connectivity index is 1.63. The summed E-state index contributed by atoms with van der Waals surface area (Å²) in [7, 11) is 2.90. The summed E-state index contributed by atoms with van der Waals surface area (Å²) in [5, 5.41) is 10.9. The van der Waals surface area contributed by atoms with Crippen molar-refractivity contribution in [2.75, 3.05) is 14.2 Å². The molecule has 0 aliphatic carbocycles. The Morgan fingerprint density at radius 2 is 1.60 bits per heavy atom. The molecule has 210 valence electrons. The number of carbonyl (C=O) groups is 2. The molecule has 0 spiro atoms. The summed E-state index contributed by atoms with van der Waals surface area (Å²) >= 11 is 0. The van der Waals surface area contributed by atoms with Crippen molar-refractivity contribution in [3.05, 3.63) is 93.5 Å². The van der Waals surface area contributed by atoms with Gasteiger partial charge in [0.25, 0.3) is 11.6 Å². The third kappa shape index (κ3) is 6.25. The lowest BCUT2D eigenvalue weighted by atomic mass is 10.0. The highest BCUT2D eigenvalue weighted by atomic mass is 19.4. The van der Waals surface area contributed by atoms with Gasteiger partial charge in [0.15, 0.2) is 6.10 Å². The average molecular weight is 560 g/mol. The van der Waals surface area contributed by atoms with Gasteiger partial charge in [-0.05, 0) is 42.0 Å². The van der Waals surface area contributed by atoms with Crippen molar-refractivity contribution < 1.29 is 46.6 Å². The van der Waals surface area contributed by atoms with Gasteiger partial charge < -0.3 is 23.8 Å². The lowest BCUT2D eigenvalue weighted by Gasteiger charge is -2.27. The molecule has 1 aliphatic heterocycles. The highest BCUT2D eigenvalue weighted by Crippen LogP contribution is 2.44. The molecule has 10 nitrogen and oxygen atoms in total. The first-order valence-corrected chi connectivity index (χ1v) is 11.8. The number of alkyl halides is 3. The molecule has 1 saturated heterocycles. The van der Waals surface area contributed by atoms with Crippen LogP contribution in [0.3, 0.4) is 0 Å². The minimum absolute atomic E-state index is 0.0172. The number of carbonyl (C=O) groups excluding carboxylic acids is 2. The zero-order valence-corrected chi connectivity index (χ0v) is 21.2. The summed E-state index contributed by atoms with van der Waals surface area (Å²) in [6.45, 7) is -0.0391. The quantitative estimate of drug-likeness (QED) is 0.199. The van der Waals surface area contributed by atoms with Crippen molar-refractivity contribution in [2.45, 2.75) is 31.5 Å². The molecule has 1 heterocycles. The second kappa shape index (κ2) is 11.5. The highest BCUT2D eigenvalue weighted by molar-refractivity contribution is 5.93. The molecule has 0 bridgehead atoms. The van der Waals surface area contributed by atoms with Crippen LogP contribution in [-0.2, 0) is 16.1 Å². The van der Waals surface area contributed by atoms with Gasteiger partial charge in [-0.2, -0.15) is 0 Å². The molecule has 0 saturated carbocycles. The molecule has 0 aromatic heterocycles. The van der Waals surface area contributed by atoms with E-state index in [9.17, 15) is 32.9 Å². The SMILES string of the molecule is COc1cccc(OC)c1C1CC(OC(=O)c2ccc([N+](=O)[O-])cc2)C(=O)N1Cc1ccc(OC(F)(F)F)cc1. The Labute approximate surface area is 226 Å². The molecule has 13 heteroatoms. The molecule has 3 aromatic rings. The molecule has 0 N–H and O–H groups in total. The van der Waals surface area contributed by atoms with Crippen LogP contribution in [0.4, 0.5) is 18.9 Å². The number of hydrogen-bond donors (Lipinski definition) is 0. The van der Waals surface area contributed by atoms with Crippen LogP contribution < -0.4 is 14.2 Å². The Morgan fingerprint density at radius 3 is 2.12 bits per heavy atom. The lowest BCUT2D eigenvalue weighted by molar-refractivity contribution is -0.384. The maximum absolute atomic E-state index is 13.6. The second-order valence-electron chi connectivity index (χ2n) is 8.68. The molecule has 40 heavy (non-hydrogen) atoms. The van der Waals surface area contributed by atoms with Gasteiger partial charge in [0.2, 0.25) is 0 Å². The lowest BCUT2D eigenvalue weighted by Crippen LogP contribution is -2.33. The number of ether oxygens (including phenoxy) is 4. The molecule has 1 fully saturated rings. The zero-order chi connectivity index (χ0) is 29.0. The van der Waals surface area contributed by atoms with E-state index in [1.807, 2.05) is 0 Å². The summed E-state index contributed by atoms with van der Waals surface area (Å²) in [6.07, 6.45) is -6.06. The fourth-order valence-corrected chi connectivity index (χ4v) is 4.45. The minimum Gasteiger partial charge on any atom is -0.496 e. The number of likely N-dealkylation sites (tertiary alicyclic amines) is 1. The number of hydrogen-bond acceptors (Lipinski definition) is 8. The summed E-state index contributed by atoms with van der Waals surface area (Å²) < 4.78 is 58.1.